The molecule has 0 saturated carbocycles. The number of anilines is 1. The van der Waals surface area contributed by atoms with Gasteiger partial charge in [0.1, 0.15) is 5.75 Å². The third-order valence-corrected chi connectivity index (χ3v) is 5.49. The molecule has 33 heavy (non-hydrogen) atoms. The quantitative estimate of drug-likeness (QED) is 0.400. The van der Waals surface area contributed by atoms with Crippen molar-refractivity contribution in [3.63, 3.8) is 0 Å². The molecule has 3 aromatic carbocycles. The number of benzene rings is 3. The minimum atomic E-state index is -3.37. The zero-order chi connectivity index (χ0) is 23.6. The summed E-state index contributed by atoms with van der Waals surface area (Å²) >= 11 is 0. The van der Waals surface area contributed by atoms with Gasteiger partial charge in [0.25, 0.3) is 0 Å². The molecule has 1 aromatic heterocycles. The average molecular weight is 469 g/mol. The number of hydrogen-bond acceptors (Lipinski definition) is 6. The first kappa shape index (κ1) is 22.3. The predicted molar refractivity (Wildman–Crippen MR) is 125 cm³/mol. The van der Waals surface area contributed by atoms with E-state index in [0.29, 0.717) is 39.4 Å². The van der Waals surface area contributed by atoms with E-state index in [-0.39, 0.29) is 5.75 Å². The molecule has 0 radical (unpaired) electrons. The van der Waals surface area contributed by atoms with Crippen molar-refractivity contribution in [2.24, 2.45) is 0 Å². The topological polar surface area (TPSA) is 86.8 Å². The summed E-state index contributed by atoms with van der Waals surface area (Å²) in [5, 5.41) is 0.646. The first-order valence-corrected chi connectivity index (χ1v) is 11.7. The van der Waals surface area contributed by atoms with E-state index < -0.39 is 15.8 Å². The maximum atomic E-state index is 14.9. The summed E-state index contributed by atoms with van der Waals surface area (Å²) in [6.45, 7) is 0. The van der Waals surface area contributed by atoms with Gasteiger partial charge in [-0.05, 0) is 47.5 Å². The van der Waals surface area contributed by atoms with Crippen LogP contribution in [0.25, 0.3) is 22.0 Å². The maximum Gasteiger partial charge on any atom is 0.229 e. The Morgan fingerprint density at radius 3 is 2.12 bits per heavy atom. The molecule has 0 aliphatic heterocycles. The van der Waals surface area contributed by atoms with E-state index in [1.807, 2.05) is 0 Å². The van der Waals surface area contributed by atoms with Crippen LogP contribution < -0.4 is 18.9 Å². The van der Waals surface area contributed by atoms with E-state index >= 15 is 0 Å². The molecule has 1 heterocycles. The van der Waals surface area contributed by atoms with E-state index in [1.165, 1.54) is 20.3 Å². The molecule has 0 fully saturated rings. The van der Waals surface area contributed by atoms with Gasteiger partial charge in [-0.2, -0.15) is 0 Å². The number of fused-ring (bicyclic) bond motifs is 1. The summed E-state index contributed by atoms with van der Waals surface area (Å²) in [5.74, 6) is 0.965. The van der Waals surface area contributed by atoms with Gasteiger partial charge < -0.3 is 14.2 Å². The van der Waals surface area contributed by atoms with Crippen LogP contribution in [-0.4, -0.2) is 33.9 Å². The molecule has 0 unspecified atom stereocenters. The van der Waals surface area contributed by atoms with Crippen LogP contribution in [0.3, 0.4) is 0 Å². The molecule has 0 atom stereocenters. The Balaban J connectivity index is 1.62. The fourth-order valence-electron chi connectivity index (χ4n) is 3.36. The summed E-state index contributed by atoms with van der Waals surface area (Å²) in [6.07, 6.45) is 2.65. The van der Waals surface area contributed by atoms with Crippen LogP contribution in [0.2, 0.25) is 0 Å². The van der Waals surface area contributed by atoms with Gasteiger partial charge in [0.15, 0.2) is 23.1 Å². The largest absolute Gasteiger partial charge is 0.493 e. The van der Waals surface area contributed by atoms with Crippen molar-refractivity contribution in [1.29, 1.82) is 0 Å². The Hall–Kier alpha value is -3.85. The van der Waals surface area contributed by atoms with E-state index in [1.54, 1.807) is 60.8 Å². The van der Waals surface area contributed by atoms with Crippen LogP contribution in [0.1, 0.15) is 0 Å². The number of hydrogen-bond donors (Lipinski definition) is 1. The van der Waals surface area contributed by atoms with Crippen molar-refractivity contribution in [2.75, 3.05) is 25.2 Å². The fraction of sp³-hybridized carbons (Fsp3) is 0.125. The van der Waals surface area contributed by atoms with Gasteiger partial charge in [-0.15, -0.1) is 0 Å². The molecule has 4 aromatic rings. The maximum absolute atomic E-state index is 14.9. The highest BCUT2D eigenvalue weighted by Gasteiger charge is 2.14. The Labute approximate surface area is 190 Å². The zero-order valence-electron chi connectivity index (χ0n) is 18.1. The summed E-state index contributed by atoms with van der Waals surface area (Å²) in [6, 6.07) is 16.4. The molecular formula is C24H21FN2O5S. The van der Waals surface area contributed by atoms with Crippen LogP contribution in [0.4, 0.5) is 10.1 Å². The van der Waals surface area contributed by atoms with Crippen molar-refractivity contribution in [1.82, 2.24) is 4.98 Å². The first-order valence-electron chi connectivity index (χ1n) is 9.84. The summed E-state index contributed by atoms with van der Waals surface area (Å²) in [4.78, 5) is 4.32. The summed E-state index contributed by atoms with van der Waals surface area (Å²) in [5.41, 5.74) is 2.39. The zero-order valence-corrected chi connectivity index (χ0v) is 18.9. The lowest BCUT2D eigenvalue weighted by molar-refractivity contribution is 0.355. The van der Waals surface area contributed by atoms with Crippen molar-refractivity contribution in [3.8, 4) is 34.1 Å². The number of ether oxygens (including phenoxy) is 3. The first-order chi connectivity index (χ1) is 15.8. The third-order valence-electron chi connectivity index (χ3n) is 4.88. The lowest BCUT2D eigenvalue weighted by Crippen LogP contribution is -2.09. The van der Waals surface area contributed by atoms with Gasteiger partial charge in [-0.1, -0.05) is 18.2 Å². The minimum absolute atomic E-state index is 0.0522. The number of nitrogens with zero attached hydrogens (tertiary/aromatic N) is 1. The second-order valence-corrected chi connectivity index (χ2v) is 8.98. The molecule has 0 aliphatic rings. The minimum Gasteiger partial charge on any atom is -0.493 e. The van der Waals surface area contributed by atoms with Crippen LogP contribution >= 0.6 is 0 Å². The van der Waals surface area contributed by atoms with Gasteiger partial charge in [0, 0.05) is 23.3 Å². The van der Waals surface area contributed by atoms with Crippen molar-refractivity contribution in [2.45, 2.75) is 0 Å². The van der Waals surface area contributed by atoms with Gasteiger partial charge in [-0.3, -0.25) is 9.71 Å². The van der Waals surface area contributed by atoms with Crippen LogP contribution in [0.15, 0.2) is 66.9 Å². The molecule has 0 aliphatic carbocycles. The number of rotatable bonds is 7. The highest BCUT2D eigenvalue weighted by atomic mass is 32.2. The highest BCUT2D eigenvalue weighted by molar-refractivity contribution is 7.92. The van der Waals surface area contributed by atoms with E-state index in [0.717, 1.165) is 11.8 Å². The standard InChI is InChI=1S/C24H21FN2O5S/c1-30-23-13-18-20(14-24(23)31-2)26-11-10-21(18)32-22-9-6-16(12-19(22)25)15-4-7-17(8-5-15)27-33(3,28)29/h4-14,27H,1-3H3. The monoisotopic (exact) mass is 468 g/mol. The fourth-order valence-corrected chi connectivity index (χ4v) is 3.93. The molecule has 4 rings (SSSR count). The van der Waals surface area contributed by atoms with Gasteiger partial charge >= 0.3 is 0 Å². The number of aromatic nitrogens is 1. The second-order valence-electron chi connectivity index (χ2n) is 7.23. The summed E-state index contributed by atoms with van der Waals surface area (Å²) < 4.78 is 56.5. The Bertz CT molecular complexity index is 1420. The summed E-state index contributed by atoms with van der Waals surface area (Å²) in [7, 11) is -0.298. The Morgan fingerprint density at radius 1 is 0.818 bits per heavy atom. The van der Waals surface area contributed by atoms with E-state index in [4.69, 9.17) is 14.2 Å². The van der Waals surface area contributed by atoms with Crippen molar-refractivity contribution in [3.05, 3.63) is 72.7 Å². The van der Waals surface area contributed by atoms with E-state index in [9.17, 15) is 12.8 Å². The number of nitrogens with one attached hydrogen (secondary N) is 1. The highest BCUT2D eigenvalue weighted by Crippen LogP contribution is 2.38. The molecule has 1 N–H and O–H groups in total. The lowest BCUT2D eigenvalue weighted by atomic mass is 10.1. The molecule has 0 amide bonds. The van der Waals surface area contributed by atoms with Crippen LogP contribution in [0.5, 0.6) is 23.0 Å². The lowest BCUT2D eigenvalue weighted by Gasteiger charge is -2.13. The van der Waals surface area contributed by atoms with Gasteiger partial charge in [0.05, 0.1) is 26.0 Å². The van der Waals surface area contributed by atoms with Crippen molar-refractivity contribution < 1.29 is 27.0 Å². The number of methoxy groups -OCH3 is 2. The Kier molecular flexibility index (Phi) is 6.06. The second kappa shape index (κ2) is 8.95. The molecule has 0 saturated heterocycles. The number of pyridine rings is 1. The van der Waals surface area contributed by atoms with Crippen LogP contribution in [-0.2, 0) is 10.0 Å². The molecule has 170 valence electrons. The van der Waals surface area contributed by atoms with Crippen LogP contribution in [0, 0.1) is 5.82 Å². The SMILES string of the molecule is COc1cc2nccc(Oc3ccc(-c4ccc(NS(C)(=O)=O)cc4)cc3F)c2cc1OC. The molecule has 9 heteroatoms. The molecule has 0 bridgehead atoms. The number of sulfonamides is 1. The van der Waals surface area contributed by atoms with Crippen molar-refractivity contribution >= 4 is 26.6 Å². The molecule has 0 spiro atoms. The normalized spacial score (nSPS) is 11.3. The predicted octanol–water partition coefficient (Wildman–Crippen LogP) is 5.22. The Morgan fingerprint density at radius 2 is 1.48 bits per heavy atom. The average Bonchev–Trinajstić information content (AvgIpc) is 2.79. The smallest absolute Gasteiger partial charge is 0.229 e. The molecular weight excluding hydrogens is 447 g/mol. The number of halogens is 1. The van der Waals surface area contributed by atoms with Gasteiger partial charge in [-0.25, -0.2) is 12.8 Å². The van der Waals surface area contributed by atoms with Gasteiger partial charge in [0.2, 0.25) is 10.0 Å². The van der Waals surface area contributed by atoms with E-state index in [2.05, 4.69) is 9.71 Å². The third kappa shape index (κ3) is 4.98. The molecule has 7 nitrogen and oxygen atoms in total.